The first-order valence-corrected chi connectivity index (χ1v) is 14.4. The zero-order valence-corrected chi connectivity index (χ0v) is 23.4. The summed E-state index contributed by atoms with van der Waals surface area (Å²) in [7, 11) is 0. The van der Waals surface area contributed by atoms with Crippen molar-refractivity contribution >= 4 is 11.7 Å². The highest BCUT2D eigenvalue weighted by Crippen LogP contribution is 2.30. The molecule has 0 unspecified atom stereocenters. The number of nitrogens with one attached hydrogen (secondary N) is 2. The van der Waals surface area contributed by atoms with Crippen LogP contribution in [0.25, 0.3) is 11.1 Å². The number of aromatic nitrogens is 1. The smallest absolute Gasteiger partial charge is 0.314 e. The Labute approximate surface area is 244 Å². The first kappa shape index (κ1) is 29.3. The molecule has 1 aliphatic rings. The quantitative estimate of drug-likeness (QED) is 0.212. The fourth-order valence-electron chi connectivity index (χ4n) is 5.24. The maximum absolute atomic E-state index is 13.2. The molecule has 0 aliphatic heterocycles. The lowest BCUT2D eigenvalue weighted by molar-refractivity contribution is -0.137. The molecule has 0 spiro atoms. The van der Waals surface area contributed by atoms with Crippen LogP contribution >= 0.6 is 0 Å². The lowest BCUT2D eigenvalue weighted by atomic mass is 9.95. The van der Waals surface area contributed by atoms with Crippen LogP contribution in [0, 0.1) is 0 Å². The number of hydrogen-bond acceptors (Lipinski definition) is 3. The number of hydrogen-bond donors (Lipinski definition) is 2. The van der Waals surface area contributed by atoms with E-state index in [9.17, 15) is 18.0 Å². The first-order valence-electron chi connectivity index (χ1n) is 14.4. The zero-order valence-electron chi connectivity index (χ0n) is 23.4. The van der Waals surface area contributed by atoms with E-state index in [1.807, 2.05) is 36.4 Å². The third-order valence-corrected chi connectivity index (χ3v) is 7.64. The van der Waals surface area contributed by atoms with Gasteiger partial charge in [0.1, 0.15) is 0 Å². The van der Waals surface area contributed by atoms with Crippen LogP contribution in [0.5, 0.6) is 0 Å². The lowest BCUT2D eigenvalue weighted by Gasteiger charge is -2.23. The van der Waals surface area contributed by atoms with Crippen molar-refractivity contribution in [3.05, 3.63) is 120 Å². The second-order valence-electron chi connectivity index (χ2n) is 10.8. The third kappa shape index (κ3) is 8.19. The Morgan fingerprint density at radius 3 is 2.02 bits per heavy atom. The second kappa shape index (κ2) is 13.7. The summed E-state index contributed by atoms with van der Waals surface area (Å²) in [6, 6.07) is 26.8. The summed E-state index contributed by atoms with van der Waals surface area (Å²) in [6.45, 7) is 1.42. The number of rotatable bonds is 9. The Bertz CT molecular complexity index is 1420. The number of carbonyl (C=O) groups is 1. The predicted octanol–water partition coefficient (Wildman–Crippen LogP) is 8.42. The van der Waals surface area contributed by atoms with Gasteiger partial charge in [0.05, 0.1) is 17.8 Å². The van der Waals surface area contributed by atoms with E-state index in [1.165, 1.54) is 49.8 Å². The minimum atomic E-state index is -4.44. The molecule has 1 aliphatic carbocycles. The molecule has 1 heterocycles. The van der Waals surface area contributed by atoms with E-state index in [1.54, 1.807) is 17.2 Å². The monoisotopic (exact) mass is 572 g/mol. The van der Waals surface area contributed by atoms with Crippen molar-refractivity contribution in [1.82, 2.24) is 15.2 Å². The average Bonchev–Trinajstić information content (AvgIpc) is 3.01. The minimum Gasteiger partial charge on any atom is -0.314 e. The average molecular weight is 573 g/mol. The van der Waals surface area contributed by atoms with Gasteiger partial charge in [-0.05, 0) is 71.5 Å². The summed E-state index contributed by atoms with van der Waals surface area (Å²) in [6.07, 6.45) is 3.74. The number of benzene rings is 3. The van der Waals surface area contributed by atoms with Gasteiger partial charge in [-0.2, -0.15) is 13.2 Å². The number of anilines is 1. The van der Waals surface area contributed by atoms with Crippen molar-refractivity contribution in [2.45, 2.75) is 64.0 Å². The SMILES string of the molecule is O=C(Nc1ccc(C(F)(F)F)cc1)N(Cc1ccc(-c2ccc(CNC3CCCCC3)cc2)cc1)Cc1ccccn1. The number of urea groups is 1. The molecule has 8 heteroatoms. The van der Waals surface area contributed by atoms with Crippen LogP contribution in [0.3, 0.4) is 0 Å². The van der Waals surface area contributed by atoms with Crippen LogP contribution in [-0.4, -0.2) is 22.0 Å². The standard InChI is InChI=1S/C34H35F3N4O/c35-34(36,37)29-17-19-31(20-18-29)40-33(42)41(24-32-8-4-5-21-38-32)23-26-11-15-28(16-12-26)27-13-9-25(10-14-27)22-39-30-6-2-1-3-7-30/h4-5,8-21,30,39H,1-3,6-7,22-24H2,(H,40,42). The molecule has 1 fully saturated rings. The molecule has 42 heavy (non-hydrogen) atoms. The normalized spacial score (nSPS) is 14.0. The van der Waals surface area contributed by atoms with Crippen molar-refractivity contribution in [2.24, 2.45) is 0 Å². The van der Waals surface area contributed by atoms with Gasteiger partial charge in [-0.15, -0.1) is 0 Å². The van der Waals surface area contributed by atoms with Gasteiger partial charge in [0, 0.05) is 31.0 Å². The van der Waals surface area contributed by atoms with E-state index in [0.29, 0.717) is 18.3 Å². The van der Waals surface area contributed by atoms with Crippen LogP contribution in [-0.2, 0) is 25.8 Å². The van der Waals surface area contributed by atoms with Crippen molar-refractivity contribution < 1.29 is 18.0 Å². The number of nitrogens with zero attached hydrogens (tertiary/aromatic N) is 2. The number of pyridine rings is 1. The Hall–Kier alpha value is -4.17. The van der Waals surface area contributed by atoms with Gasteiger partial charge in [-0.25, -0.2) is 4.79 Å². The first-order chi connectivity index (χ1) is 20.3. The molecule has 5 nitrogen and oxygen atoms in total. The van der Waals surface area contributed by atoms with Crippen LogP contribution < -0.4 is 10.6 Å². The van der Waals surface area contributed by atoms with Gasteiger partial charge in [0.2, 0.25) is 0 Å². The van der Waals surface area contributed by atoms with E-state index in [2.05, 4.69) is 39.9 Å². The summed E-state index contributed by atoms with van der Waals surface area (Å²) in [5.41, 5.74) is 4.61. The van der Waals surface area contributed by atoms with E-state index in [0.717, 1.165) is 35.4 Å². The molecule has 3 aromatic carbocycles. The zero-order chi connectivity index (χ0) is 29.4. The number of alkyl halides is 3. The fourth-order valence-corrected chi connectivity index (χ4v) is 5.24. The number of halogens is 3. The maximum atomic E-state index is 13.2. The molecular formula is C34H35F3N4O. The molecule has 0 atom stereocenters. The molecule has 5 rings (SSSR count). The summed E-state index contributed by atoms with van der Waals surface area (Å²) in [5, 5.41) is 6.41. The van der Waals surface area contributed by atoms with Crippen LogP contribution in [0.4, 0.5) is 23.7 Å². The highest BCUT2D eigenvalue weighted by Gasteiger charge is 2.30. The number of amides is 2. The summed E-state index contributed by atoms with van der Waals surface area (Å²) in [5.74, 6) is 0. The summed E-state index contributed by atoms with van der Waals surface area (Å²) < 4.78 is 38.8. The largest absolute Gasteiger partial charge is 0.416 e. The predicted molar refractivity (Wildman–Crippen MR) is 160 cm³/mol. The molecule has 1 aromatic heterocycles. The van der Waals surface area contributed by atoms with Gasteiger partial charge >= 0.3 is 12.2 Å². The maximum Gasteiger partial charge on any atom is 0.416 e. The Balaban J connectivity index is 1.23. The molecule has 2 N–H and O–H groups in total. The van der Waals surface area contributed by atoms with E-state index in [-0.39, 0.29) is 12.2 Å². The van der Waals surface area contributed by atoms with Crippen molar-refractivity contribution in [3.8, 4) is 11.1 Å². The molecule has 218 valence electrons. The molecular weight excluding hydrogens is 537 g/mol. The molecule has 4 aromatic rings. The van der Waals surface area contributed by atoms with E-state index in [4.69, 9.17) is 0 Å². The van der Waals surface area contributed by atoms with Crippen molar-refractivity contribution in [2.75, 3.05) is 5.32 Å². The highest BCUT2D eigenvalue weighted by atomic mass is 19.4. The van der Waals surface area contributed by atoms with Gasteiger partial charge in [-0.1, -0.05) is 73.9 Å². The molecule has 2 amide bonds. The van der Waals surface area contributed by atoms with Crippen LogP contribution in [0.1, 0.15) is 54.5 Å². The highest BCUT2D eigenvalue weighted by molar-refractivity contribution is 5.89. The van der Waals surface area contributed by atoms with Crippen molar-refractivity contribution in [1.29, 1.82) is 0 Å². The molecule has 1 saturated carbocycles. The van der Waals surface area contributed by atoms with E-state index >= 15 is 0 Å². The minimum absolute atomic E-state index is 0.241. The van der Waals surface area contributed by atoms with Gasteiger partial charge in [0.25, 0.3) is 0 Å². The van der Waals surface area contributed by atoms with Gasteiger partial charge < -0.3 is 15.5 Å². The molecule has 0 saturated heterocycles. The van der Waals surface area contributed by atoms with E-state index < -0.39 is 17.8 Å². The summed E-state index contributed by atoms with van der Waals surface area (Å²) >= 11 is 0. The second-order valence-corrected chi connectivity index (χ2v) is 10.8. The Morgan fingerprint density at radius 1 is 0.786 bits per heavy atom. The third-order valence-electron chi connectivity index (χ3n) is 7.64. The number of carbonyl (C=O) groups excluding carboxylic acids is 1. The summed E-state index contributed by atoms with van der Waals surface area (Å²) in [4.78, 5) is 19.2. The van der Waals surface area contributed by atoms with Crippen LogP contribution in [0.2, 0.25) is 0 Å². The van der Waals surface area contributed by atoms with Crippen LogP contribution in [0.15, 0.2) is 97.2 Å². The molecule has 0 radical (unpaired) electrons. The molecule has 0 bridgehead atoms. The van der Waals surface area contributed by atoms with Gasteiger partial charge in [0.15, 0.2) is 0 Å². The topological polar surface area (TPSA) is 57.3 Å². The van der Waals surface area contributed by atoms with Crippen molar-refractivity contribution in [3.63, 3.8) is 0 Å². The lowest BCUT2D eigenvalue weighted by Crippen LogP contribution is -2.34. The van der Waals surface area contributed by atoms with Gasteiger partial charge in [-0.3, -0.25) is 4.98 Å². The Morgan fingerprint density at radius 2 is 1.43 bits per heavy atom. The Kier molecular flexibility index (Phi) is 9.54. The fraction of sp³-hybridized carbons (Fsp3) is 0.294.